The van der Waals surface area contributed by atoms with E-state index in [1.807, 2.05) is 0 Å². The Morgan fingerprint density at radius 2 is 2.00 bits per heavy atom. The molecule has 3 heterocycles. The fourth-order valence-corrected chi connectivity index (χ4v) is 4.81. The molecule has 122 valence electrons. The summed E-state index contributed by atoms with van der Waals surface area (Å²) in [7, 11) is -2.49. The molecule has 1 aromatic heterocycles. The summed E-state index contributed by atoms with van der Waals surface area (Å²) in [4.78, 5) is 11.4. The Morgan fingerprint density at radius 3 is 2.59 bits per heavy atom. The monoisotopic (exact) mass is 328 g/mol. The Hall–Kier alpha value is -1.38. The summed E-state index contributed by atoms with van der Waals surface area (Å²) in [6, 6.07) is 1.92. The molecule has 0 saturated carbocycles. The van der Waals surface area contributed by atoms with Gasteiger partial charge < -0.3 is 14.5 Å². The second kappa shape index (κ2) is 5.68. The van der Waals surface area contributed by atoms with Crippen molar-refractivity contribution in [2.45, 2.75) is 55.6 Å². The standard InChI is InChI=1S/C14H20N2O5S/c1-8-13(7-12(21-8)14(17)20-2)22(18,19)16-11-5-9-3-4-10(6-11)15-9/h7,9-11,15-16H,3-6H2,1-2H3. The van der Waals surface area contributed by atoms with Crippen LogP contribution < -0.4 is 10.0 Å². The maximum atomic E-state index is 12.5. The summed E-state index contributed by atoms with van der Waals surface area (Å²) in [6.45, 7) is 1.52. The first-order valence-corrected chi connectivity index (χ1v) is 8.84. The molecule has 0 aromatic carbocycles. The van der Waals surface area contributed by atoms with Crippen LogP contribution in [0.5, 0.6) is 0 Å². The third-order valence-electron chi connectivity index (χ3n) is 4.34. The van der Waals surface area contributed by atoms with Gasteiger partial charge in [0.1, 0.15) is 10.7 Å². The van der Waals surface area contributed by atoms with Crippen LogP contribution in [-0.2, 0) is 14.8 Å². The largest absolute Gasteiger partial charge is 0.463 e. The molecule has 2 aliphatic rings. The number of fused-ring (bicyclic) bond motifs is 2. The first-order chi connectivity index (χ1) is 10.4. The molecule has 0 spiro atoms. The van der Waals surface area contributed by atoms with E-state index in [4.69, 9.17) is 4.42 Å². The molecular weight excluding hydrogens is 308 g/mol. The highest BCUT2D eigenvalue weighted by atomic mass is 32.2. The van der Waals surface area contributed by atoms with Crippen LogP contribution in [0.4, 0.5) is 0 Å². The number of furan rings is 1. The minimum Gasteiger partial charge on any atom is -0.463 e. The summed E-state index contributed by atoms with van der Waals surface area (Å²) in [6.07, 6.45) is 3.77. The normalized spacial score (nSPS) is 27.8. The minimum atomic E-state index is -3.71. The molecule has 2 bridgehead atoms. The smallest absolute Gasteiger partial charge is 0.373 e. The van der Waals surface area contributed by atoms with Crippen molar-refractivity contribution in [1.82, 2.24) is 10.0 Å². The predicted molar refractivity (Wildman–Crippen MR) is 78.1 cm³/mol. The van der Waals surface area contributed by atoms with Crippen LogP contribution in [0.3, 0.4) is 0 Å². The van der Waals surface area contributed by atoms with E-state index in [1.165, 1.54) is 20.1 Å². The van der Waals surface area contributed by atoms with Gasteiger partial charge in [0, 0.05) is 24.2 Å². The Kier molecular flexibility index (Phi) is 4.00. The highest BCUT2D eigenvalue weighted by Crippen LogP contribution is 2.28. The number of ether oxygens (including phenoxy) is 1. The molecule has 2 unspecified atom stereocenters. The third-order valence-corrected chi connectivity index (χ3v) is 5.97. The molecule has 2 atom stereocenters. The van der Waals surface area contributed by atoms with Crippen molar-refractivity contribution >= 4 is 16.0 Å². The number of nitrogens with one attached hydrogen (secondary N) is 2. The van der Waals surface area contributed by atoms with Gasteiger partial charge in [0.25, 0.3) is 0 Å². The second-order valence-electron chi connectivity index (χ2n) is 5.95. The first kappa shape index (κ1) is 15.5. The van der Waals surface area contributed by atoms with E-state index in [2.05, 4.69) is 14.8 Å². The summed E-state index contributed by atoms with van der Waals surface area (Å²) in [5, 5.41) is 3.47. The number of rotatable bonds is 4. The van der Waals surface area contributed by atoms with Gasteiger partial charge in [-0.25, -0.2) is 17.9 Å². The number of sulfonamides is 1. The highest BCUT2D eigenvalue weighted by Gasteiger charge is 2.36. The van der Waals surface area contributed by atoms with Gasteiger partial charge in [0.05, 0.1) is 7.11 Å². The number of carbonyl (C=O) groups is 1. The molecule has 2 aliphatic heterocycles. The zero-order chi connectivity index (χ0) is 15.9. The maximum Gasteiger partial charge on any atom is 0.373 e. The number of esters is 1. The van der Waals surface area contributed by atoms with Gasteiger partial charge in [-0.3, -0.25) is 0 Å². The summed E-state index contributed by atoms with van der Waals surface area (Å²) < 4.78 is 37.6. The number of aryl methyl sites for hydroxylation is 1. The van der Waals surface area contributed by atoms with E-state index in [-0.39, 0.29) is 22.5 Å². The van der Waals surface area contributed by atoms with Gasteiger partial charge in [-0.15, -0.1) is 0 Å². The average Bonchev–Trinajstić information content (AvgIpc) is 3.01. The number of hydrogen-bond acceptors (Lipinski definition) is 6. The van der Waals surface area contributed by atoms with Crippen LogP contribution >= 0.6 is 0 Å². The van der Waals surface area contributed by atoms with Gasteiger partial charge in [-0.1, -0.05) is 0 Å². The number of piperidine rings is 1. The molecule has 3 rings (SSSR count). The first-order valence-electron chi connectivity index (χ1n) is 7.36. The van der Waals surface area contributed by atoms with Gasteiger partial charge in [-0.2, -0.15) is 0 Å². The zero-order valence-corrected chi connectivity index (χ0v) is 13.4. The quantitative estimate of drug-likeness (QED) is 0.798. The number of methoxy groups -OCH3 is 1. The number of carbonyl (C=O) groups excluding carboxylic acids is 1. The predicted octanol–water partition coefficient (Wildman–Crippen LogP) is 0.936. The van der Waals surface area contributed by atoms with E-state index in [1.54, 1.807) is 0 Å². The van der Waals surface area contributed by atoms with Crippen molar-refractivity contribution in [3.8, 4) is 0 Å². The minimum absolute atomic E-state index is 0.00113. The molecule has 0 aliphatic carbocycles. The average molecular weight is 328 g/mol. The van der Waals surface area contributed by atoms with Crippen molar-refractivity contribution in [3.05, 3.63) is 17.6 Å². The lowest BCUT2D eigenvalue weighted by Gasteiger charge is -2.29. The lowest BCUT2D eigenvalue weighted by atomic mass is 10.0. The van der Waals surface area contributed by atoms with Gasteiger partial charge in [0.15, 0.2) is 0 Å². The summed E-state index contributed by atoms with van der Waals surface area (Å²) in [5.74, 6) is -0.611. The molecule has 2 fully saturated rings. The van der Waals surface area contributed by atoms with Crippen LogP contribution in [0.25, 0.3) is 0 Å². The van der Waals surface area contributed by atoms with Gasteiger partial charge in [-0.05, 0) is 32.6 Å². The molecule has 0 radical (unpaired) electrons. The maximum absolute atomic E-state index is 12.5. The van der Waals surface area contributed by atoms with Crippen LogP contribution in [0.15, 0.2) is 15.4 Å². The van der Waals surface area contributed by atoms with Gasteiger partial charge >= 0.3 is 5.97 Å². The molecule has 2 N–H and O–H groups in total. The van der Waals surface area contributed by atoms with E-state index >= 15 is 0 Å². The Morgan fingerprint density at radius 1 is 1.36 bits per heavy atom. The molecule has 8 heteroatoms. The van der Waals surface area contributed by atoms with Gasteiger partial charge in [0.2, 0.25) is 15.8 Å². The molecular formula is C14H20N2O5S. The van der Waals surface area contributed by atoms with E-state index in [9.17, 15) is 13.2 Å². The van der Waals surface area contributed by atoms with E-state index in [0.717, 1.165) is 25.7 Å². The van der Waals surface area contributed by atoms with Crippen LogP contribution in [-0.4, -0.2) is 39.6 Å². The lowest BCUT2D eigenvalue weighted by Crippen LogP contribution is -2.47. The zero-order valence-electron chi connectivity index (χ0n) is 12.6. The van der Waals surface area contributed by atoms with Crippen LogP contribution in [0.1, 0.15) is 42.0 Å². The molecule has 1 aromatic rings. The van der Waals surface area contributed by atoms with E-state index < -0.39 is 16.0 Å². The Balaban J connectivity index is 1.78. The van der Waals surface area contributed by atoms with Crippen molar-refractivity contribution in [3.63, 3.8) is 0 Å². The number of hydrogen-bond donors (Lipinski definition) is 2. The lowest BCUT2D eigenvalue weighted by molar-refractivity contribution is 0.0563. The fourth-order valence-electron chi connectivity index (χ4n) is 3.37. The molecule has 0 amide bonds. The Bertz CT molecular complexity index is 669. The molecule has 22 heavy (non-hydrogen) atoms. The highest BCUT2D eigenvalue weighted by molar-refractivity contribution is 7.89. The van der Waals surface area contributed by atoms with Crippen LogP contribution in [0, 0.1) is 6.92 Å². The summed E-state index contributed by atoms with van der Waals surface area (Å²) >= 11 is 0. The molecule has 2 saturated heterocycles. The second-order valence-corrected chi connectivity index (χ2v) is 7.63. The topological polar surface area (TPSA) is 97.6 Å². The van der Waals surface area contributed by atoms with E-state index in [0.29, 0.717) is 12.1 Å². The fraction of sp³-hybridized carbons (Fsp3) is 0.643. The van der Waals surface area contributed by atoms with Crippen molar-refractivity contribution in [2.24, 2.45) is 0 Å². The van der Waals surface area contributed by atoms with Crippen molar-refractivity contribution in [2.75, 3.05) is 7.11 Å². The molecule has 7 nitrogen and oxygen atoms in total. The van der Waals surface area contributed by atoms with Crippen molar-refractivity contribution in [1.29, 1.82) is 0 Å². The van der Waals surface area contributed by atoms with Crippen LogP contribution in [0.2, 0.25) is 0 Å². The third kappa shape index (κ3) is 2.90. The van der Waals surface area contributed by atoms with Crippen molar-refractivity contribution < 1.29 is 22.4 Å². The summed E-state index contributed by atoms with van der Waals surface area (Å²) in [5.41, 5.74) is 0. The Labute approximate surface area is 129 Å². The SMILES string of the molecule is COC(=O)c1cc(S(=O)(=O)NC2CC3CCC(C2)N3)c(C)o1.